The largest absolute Gasteiger partial charge is 0.326 e. The third-order valence-electron chi connectivity index (χ3n) is 5.82. The van der Waals surface area contributed by atoms with Gasteiger partial charge >= 0.3 is 0 Å². The summed E-state index contributed by atoms with van der Waals surface area (Å²) in [6.07, 6.45) is 4.42. The lowest BCUT2D eigenvalue weighted by Gasteiger charge is -2.36. The van der Waals surface area contributed by atoms with Crippen molar-refractivity contribution in [1.29, 1.82) is 0 Å². The van der Waals surface area contributed by atoms with Crippen molar-refractivity contribution < 1.29 is 9.59 Å². The lowest BCUT2D eigenvalue weighted by atomic mass is 9.92. The molecule has 1 unspecified atom stereocenters. The van der Waals surface area contributed by atoms with Crippen LogP contribution in [0.15, 0.2) is 42.5 Å². The average Bonchev–Trinajstić information content (AvgIpc) is 3.14. The van der Waals surface area contributed by atoms with Gasteiger partial charge in [0.2, 0.25) is 11.8 Å². The molecule has 2 aromatic rings. The van der Waals surface area contributed by atoms with E-state index in [2.05, 4.69) is 29.6 Å². The van der Waals surface area contributed by atoms with Crippen LogP contribution in [0.4, 0.5) is 5.69 Å². The number of aryl methyl sites for hydroxylation is 2. The Morgan fingerprint density at radius 1 is 1.04 bits per heavy atom. The van der Waals surface area contributed by atoms with Crippen LogP contribution in [0.3, 0.4) is 0 Å². The van der Waals surface area contributed by atoms with Crippen LogP contribution in [0.5, 0.6) is 0 Å². The van der Waals surface area contributed by atoms with Gasteiger partial charge in [0, 0.05) is 25.1 Å². The van der Waals surface area contributed by atoms with E-state index in [1.807, 2.05) is 32.0 Å². The molecule has 4 nitrogen and oxygen atoms in total. The molecular formula is C24H28N2O2. The first-order chi connectivity index (χ1) is 13.5. The van der Waals surface area contributed by atoms with Crippen LogP contribution in [0.2, 0.25) is 0 Å². The first-order valence-corrected chi connectivity index (χ1v) is 10.3. The standard InChI is InChI=1S/C24H28N2O2/c1-16(2)12-23(27)26-15-20-7-4-3-6-19(20)14-22(26)24(28)25-21-11-10-17-8-5-9-18(17)13-21/h3-4,6-7,10-11,13,16,22H,5,8-9,12,14-15H2,1-2H3,(H,25,28). The highest BCUT2D eigenvalue weighted by atomic mass is 16.2. The average molecular weight is 377 g/mol. The summed E-state index contributed by atoms with van der Waals surface area (Å²) in [5.74, 6) is 0.230. The van der Waals surface area contributed by atoms with Crippen LogP contribution in [-0.4, -0.2) is 22.8 Å². The van der Waals surface area contributed by atoms with Crippen LogP contribution >= 0.6 is 0 Å². The van der Waals surface area contributed by atoms with Crippen LogP contribution < -0.4 is 5.32 Å². The predicted octanol–water partition coefficient (Wildman–Crippen LogP) is 4.11. The van der Waals surface area contributed by atoms with Gasteiger partial charge in [-0.3, -0.25) is 9.59 Å². The highest BCUT2D eigenvalue weighted by Crippen LogP contribution is 2.28. The third kappa shape index (κ3) is 3.82. The number of benzene rings is 2. The molecular weight excluding hydrogens is 348 g/mol. The van der Waals surface area contributed by atoms with E-state index in [1.54, 1.807) is 4.90 Å². The van der Waals surface area contributed by atoms with Gasteiger partial charge in [-0.05, 0) is 59.6 Å². The molecule has 1 aliphatic carbocycles. The molecule has 0 saturated carbocycles. The molecule has 4 rings (SSSR count). The molecule has 1 N–H and O–H groups in total. The Morgan fingerprint density at radius 2 is 1.79 bits per heavy atom. The SMILES string of the molecule is CC(C)CC(=O)N1Cc2ccccc2CC1C(=O)Nc1ccc2c(c1)CCC2. The molecule has 0 bridgehead atoms. The van der Waals surface area contributed by atoms with Gasteiger partial charge in [-0.2, -0.15) is 0 Å². The molecule has 28 heavy (non-hydrogen) atoms. The van der Waals surface area contributed by atoms with Gasteiger partial charge in [-0.15, -0.1) is 0 Å². The Labute approximate surface area is 166 Å². The molecule has 2 aromatic carbocycles. The van der Waals surface area contributed by atoms with Gasteiger partial charge < -0.3 is 10.2 Å². The number of nitrogens with one attached hydrogen (secondary N) is 1. The topological polar surface area (TPSA) is 49.4 Å². The normalized spacial score (nSPS) is 18.0. The molecule has 1 aliphatic heterocycles. The summed E-state index contributed by atoms with van der Waals surface area (Å²) in [5, 5.41) is 3.08. The number of hydrogen-bond acceptors (Lipinski definition) is 2. The summed E-state index contributed by atoms with van der Waals surface area (Å²) in [5.41, 5.74) is 5.85. The Bertz CT molecular complexity index is 903. The zero-order valence-corrected chi connectivity index (χ0v) is 16.7. The summed E-state index contributed by atoms with van der Waals surface area (Å²) >= 11 is 0. The summed E-state index contributed by atoms with van der Waals surface area (Å²) in [7, 11) is 0. The lowest BCUT2D eigenvalue weighted by molar-refractivity contribution is -0.140. The third-order valence-corrected chi connectivity index (χ3v) is 5.82. The van der Waals surface area contributed by atoms with Gasteiger partial charge in [-0.1, -0.05) is 44.2 Å². The van der Waals surface area contributed by atoms with Crippen molar-refractivity contribution in [2.24, 2.45) is 5.92 Å². The maximum Gasteiger partial charge on any atom is 0.247 e. The minimum absolute atomic E-state index is 0.0543. The Balaban J connectivity index is 1.57. The van der Waals surface area contributed by atoms with E-state index >= 15 is 0 Å². The first kappa shape index (κ1) is 18.7. The number of fused-ring (bicyclic) bond motifs is 2. The molecule has 4 heteroatoms. The fourth-order valence-corrected chi connectivity index (χ4v) is 4.36. The number of nitrogens with zero attached hydrogens (tertiary/aromatic N) is 1. The maximum atomic E-state index is 13.2. The smallest absolute Gasteiger partial charge is 0.247 e. The van der Waals surface area contributed by atoms with E-state index in [4.69, 9.17) is 0 Å². The first-order valence-electron chi connectivity index (χ1n) is 10.3. The van der Waals surface area contributed by atoms with E-state index in [1.165, 1.54) is 17.5 Å². The van der Waals surface area contributed by atoms with Crippen molar-refractivity contribution in [2.45, 2.75) is 58.5 Å². The van der Waals surface area contributed by atoms with Crippen LogP contribution in [0, 0.1) is 5.92 Å². The monoisotopic (exact) mass is 376 g/mol. The van der Waals surface area contributed by atoms with Crippen molar-refractivity contribution in [3.63, 3.8) is 0 Å². The molecule has 1 heterocycles. The molecule has 0 radical (unpaired) electrons. The van der Waals surface area contributed by atoms with Gasteiger partial charge in [0.15, 0.2) is 0 Å². The highest BCUT2D eigenvalue weighted by molar-refractivity contribution is 5.97. The van der Waals surface area contributed by atoms with E-state index in [9.17, 15) is 9.59 Å². The minimum Gasteiger partial charge on any atom is -0.326 e. The predicted molar refractivity (Wildman–Crippen MR) is 111 cm³/mol. The van der Waals surface area contributed by atoms with Crippen molar-refractivity contribution in [1.82, 2.24) is 4.90 Å². The number of amides is 2. The summed E-state index contributed by atoms with van der Waals surface area (Å²) in [6, 6.07) is 13.9. The van der Waals surface area contributed by atoms with Crippen LogP contribution in [0.1, 0.15) is 48.9 Å². The van der Waals surface area contributed by atoms with E-state index in [0.717, 1.165) is 29.7 Å². The zero-order chi connectivity index (χ0) is 19.7. The number of anilines is 1. The summed E-state index contributed by atoms with van der Waals surface area (Å²) in [6.45, 7) is 4.58. The van der Waals surface area contributed by atoms with E-state index in [0.29, 0.717) is 19.4 Å². The molecule has 0 spiro atoms. The Morgan fingerprint density at radius 3 is 2.57 bits per heavy atom. The zero-order valence-electron chi connectivity index (χ0n) is 16.7. The fraction of sp³-hybridized carbons (Fsp3) is 0.417. The van der Waals surface area contributed by atoms with Crippen LogP contribution in [0.25, 0.3) is 0 Å². The second kappa shape index (κ2) is 7.78. The second-order valence-corrected chi connectivity index (χ2v) is 8.43. The Kier molecular flexibility index (Phi) is 5.21. The van der Waals surface area contributed by atoms with Crippen molar-refractivity contribution in [3.05, 3.63) is 64.7 Å². The van der Waals surface area contributed by atoms with Gasteiger partial charge in [-0.25, -0.2) is 0 Å². The van der Waals surface area contributed by atoms with Crippen molar-refractivity contribution in [2.75, 3.05) is 5.32 Å². The summed E-state index contributed by atoms with van der Waals surface area (Å²) in [4.78, 5) is 27.8. The molecule has 0 fully saturated rings. The number of rotatable bonds is 4. The lowest BCUT2D eigenvalue weighted by Crippen LogP contribution is -2.50. The van der Waals surface area contributed by atoms with Crippen molar-refractivity contribution in [3.8, 4) is 0 Å². The molecule has 2 aliphatic rings. The molecule has 2 amide bonds. The number of hydrogen-bond donors (Lipinski definition) is 1. The summed E-state index contributed by atoms with van der Waals surface area (Å²) < 4.78 is 0. The molecule has 146 valence electrons. The van der Waals surface area contributed by atoms with E-state index < -0.39 is 6.04 Å². The highest BCUT2D eigenvalue weighted by Gasteiger charge is 2.34. The maximum absolute atomic E-state index is 13.2. The van der Waals surface area contributed by atoms with Gasteiger partial charge in [0.1, 0.15) is 6.04 Å². The fourth-order valence-electron chi connectivity index (χ4n) is 4.36. The molecule has 0 saturated heterocycles. The quantitative estimate of drug-likeness (QED) is 0.873. The van der Waals surface area contributed by atoms with E-state index in [-0.39, 0.29) is 17.7 Å². The van der Waals surface area contributed by atoms with Gasteiger partial charge in [0.25, 0.3) is 0 Å². The van der Waals surface area contributed by atoms with Crippen LogP contribution in [-0.2, 0) is 35.4 Å². The van der Waals surface area contributed by atoms with Crippen molar-refractivity contribution >= 4 is 17.5 Å². The molecule has 0 aromatic heterocycles. The number of carbonyl (C=O) groups is 2. The minimum atomic E-state index is -0.464. The molecule has 1 atom stereocenters. The second-order valence-electron chi connectivity index (χ2n) is 8.43. The number of carbonyl (C=O) groups excluding carboxylic acids is 2. The van der Waals surface area contributed by atoms with Gasteiger partial charge in [0.05, 0.1) is 0 Å². The Hall–Kier alpha value is -2.62.